The molecule has 0 atom stereocenters. The Morgan fingerprint density at radius 1 is 1.62 bits per heavy atom. The minimum absolute atomic E-state index is 0.128. The zero-order valence-corrected chi connectivity index (χ0v) is 8.25. The van der Waals surface area contributed by atoms with Crippen molar-refractivity contribution in [2.75, 3.05) is 26.2 Å². The molecule has 4 nitrogen and oxygen atoms in total. The maximum atomic E-state index is 10.3. The predicted molar refractivity (Wildman–Crippen MR) is 48.7 cm³/mol. The quantitative estimate of drug-likeness (QED) is 0.702. The van der Waals surface area contributed by atoms with Crippen LogP contribution in [-0.4, -0.2) is 47.8 Å². The van der Waals surface area contributed by atoms with Crippen LogP contribution >= 0.6 is 0 Å². The molecule has 1 fully saturated rings. The summed E-state index contributed by atoms with van der Waals surface area (Å²) in [6.07, 6.45) is 0.218. The van der Waals surface area contributed by atoms with Gasteiger partial charge in [-0.2, -0.15) is 0 Å². The topological polar surface area (TPSA) is 49.8 Å². The highest BCUT2D eigenvalue weighted by Gasteiger charge is 2.26. The van der Waals surface area contributed by atoms with E-state index in [2.05, 4.69) is 4.90 Å². The van der Waals surface area contributed by atoms with Crippen molar-refractivity contribution < 1.29 is 14.6 Å². The van der Waals surface area contributed by atoms with Crippen molar-refractivity contribution in [1.82, 2.24) is 4.90 Å². The number of nitrogens with zero attached hydrogens (tertiary/aromatic N) is 1. The largest absolute Gasteiger partial charge is 0.481 e. The number of carboxylic acids is 1. The van der Waals surface area contributed by atoms with Gasteiger partial charge in [-0.25, -0.2) is 0 Å². The van der Waals surface area contributed by atoms with Crippen LogP contribution in [0.3, 0.4) is 0 Å². The van der Waals surface area contributed by atoms with Crippen molar-refractivity contribution in [2.45, 2.75) is 25.9 Å². The van der Waals surface area contributed by atoms with E-state index in [0.717, 1.165) is 13.1 Å². The van der Waals surface area contributed by atoms with Gasteiger partial charge in [-0.1, -0.05) is 0 Å². The van der Waals surface area contributed by atoms with Gasteiger partial charge < -0.3 is 9.84 Å². The molecule has 1 aliphatic rings. The molecule has 1 saturated heterocycles. The van der Waals surface area contributed by atoms with Gasteiger partial charge in [0.2, 0.25) is 0 Å². The second kappa shape index (κ2) is 4.07. The lowest BCUT2D eigenvalue weighted by Crippen LogP contribution is -2.48. The first-order chi connectivity index (χ1) is 5.99. The third-order valence-electron chi connectivity index (χ3n) is 2.15. The first-order valence-electron chi connectivity index (χ1n) is 4.58. The number of hydrogen-bond donors (Lipinski definition) is 1. The third kappa shape index (κ3) is 3.74. The van der Waals surface area contributed by atoms with Gasteiger partial charge in [-0.05, 0) is 13.8 Å². The highest BCUT2D eigenvalue weighted by atomic mass is 16.5. The van der Waals surface area contributed by atoms with Gasteiger partial charge in [0.25, 0.3) is 0 Å². The Bertz CT molecular complexity index is 191. The van der Waals surface area contributed by atoms with Crippen LogP contribution < -0.4 is 0 Å². The van der Waals surface area contributed by atoms with Crippen molar-refractivity contribution >= 4 is 5.97 Å². The van der Waals surface area contributed by atoms with Crippen LogP contribution in [0.5, 0.6) is 0 Å². The van der Waals surface area contributed by atoms with Crippen molar-refractivity contribution in [2.24, 2.45) is 0 Å². The Kier molecular flexibility index (Phi) is 3.27. The number of rotatable bonds is 3. The maximum Gasteiger partial charge on any atom is 0.304 e. The van der Waals surface area contributed by atoms with E-state index in [4.69, 9.17) is 9.84 Å². The fraction of sp³-hybridized carbons (Fsp3) is 0.889. The average molecular weight is 187 g/mol. The number of carbonyl (C=O) groups is 1. The van der Waals surface area contributed by atoms with Crippen molar-refractivity contribution in [1.29, 1.82) is 0 Å². The van der Waals surface area contributed by atoms with E-state index < -0.39 is 5.97 Å². The van der Waals surface area contributed by atoms with Crippen LogP contribution in [0.4, 0.5) is 0 Å². The maximum absolute atomic E-state index is 10.3. The highest BCUT2D eigenvalue weighted by Crippen LogP contribution is 2.16. The molecule has 0 spiro atoms. The number of morpholine rings is 1. The lowest BCUT2D eigenvalue weighted by atomic mass is 10.1. The summed E-state index contributed by atoms with van der Waals surface area (Å²) >= 11 is 0. The molecule has 0 bridgehead atoms. The normalized spacial score (nSPS) is 22.9. The Hall–Kier alpha value is -0.610. The van der Waals surface area contributed by atoms with Crippen molar-refractivity contribution in [3.8, 4) is 0 Å². The molecular formula is C9H17NO3. The van der Waals surface area contributed by atoms with Crippen LogP contribution in [0.15, 0.2) is 0 Å². The molecule has 0 radical (unpaired) electrons. The first kappa shape index (κ1) is 10.5. The molecule has 0 aromatic heterocycles. The molecule has 1 aliphatic heterocycles. The second-order valence-electron chi connectivity index (χ2n) is 4.03. The van der Waals surface area contributed by atoms with Gasteiger partial charge in [0.1, 0.15) is 0 Å². The molecule has 0 aromatic carbocycles. The van der Waals surface area contributed by atoms with Crippen LogP contribution in [0.1, 0.15) is 20.3 Å². The van der Waals surface area contributed by atoms with E-state index in [1.807, 2.05) is 13.8 Å². The Labute approximate surface area is 78.5 Å². The summed E-state index contributed by atoms with van der Waals surface area (Å²) in [6, 6.07) is 0. The number of ether oxygens (including phenoxy) is 1. The summed E-state index contributed by atoms with van der Waals surface area (Å²) in [5, 5.41) is 8.52. The Morgan fingerprint density at radius 2 is 2.31 bits per heavy atom. The highest BCUT2D eigenvalue weighted by molar-refractivity contribution is 5.66. The first-order valence-corrected chi connectivity index (χ1v) is 4.58. The number of carboxylic acid groups (broad SMARTS) is 1. The molecule has 0 unspecified atom stereocenters. The van der Waals surface area contributed by atoms with E-state index in [1.54, 1.807) is 0 Å². The fourth-order valence-electron chi connectivity index (χ4n) is 1.56. The molecule has 13 heavy (non-hydrogen) atoms. The van der Waals surface area contributed by atoms with Crippen LogP contribution in [-0.2, 0) is 9.53 Å². The van der Waals surface area contributed by atoms with E-state index in [1.165, 1.54) is 0 Å². The summed E-state index contributed by atoms with van der Waals surface area (Å²) in [5.74, 6) is -0.732. The Balaban J connectivity index is 2.30. The zero-order valence-electron chi connectivity index (χ0n) is 8.25. The SMILES string of the molecule is CC1(C)CN(CCC(=O)O)CCO1. The average Bonchev–Trinajstić information content (AvgIpc) is 1.99. The van der Waals surface area contributed by atoms with E-state index in [9.17, 15) is 4.79 Å². The van der Waals surface area contributed by atoms with Crippen LogP contribution in [0.2, 0.25) is 0 Å². The van der Waals surface area contributed by atoms with Gasteiger partial charge >= 0.3 is 5.97 Å². The fourth-order valence-corrected chi connectivity index (χ4v) is 1.56. The monoisotopic (exact) mass is 187 g/mol. The van der Waals surface area contributed by atoms with E-state index in [-0.39, 0.29) is 12.0 Å². The molecule has 0 saturated carbocycles. The molecule has 1 rings (SSSR count). The molecule has 0 aliphatic carbocycles. The lowest BCUT2D eigenvalue weighted by Gasteiger charge is -2.37. The number of aliphatic carboxylic acids is 1. The minimum Gasteiger partial charge on any atom is -0.481 e. The molecule has 0 aromatic rings. The predicted octanol–water partition coefficient (Wildman–Crippen LogP) is 0.572. The number of hydrogen-bond acceptors (Lipinski definition) is 3. The smallest absolute Gasteiger partial charge is 0.304 e. The summed E-state index contributed by atoms with van der Waals surface area (Å²) in [7, 11) is 0. The standard InChI is InChI=1S/C9H17NO3/c1-9(2)7-10(5-6-13-9)4-3-8(11)12/h3-7H2,1-2H3,(H,11,12). The second-order valence-corrected chi connectivity index (χ2v) is 4.03. The van der Waals surface area contributed by atoms with Crippen LogP contribution in [0.25, 0.3) is 0 Å². The molecule has 76 valence electrons. The van der Waals surface area contributed by atoms with Gasteiger partial charge in [-0.15, -0.1) is 0 Å². The van der Waals surface area contributed by atoms with E-state index >= 15 is 0 Å². The van der Waals surface area contributed by atoms with E-state index in [0.29, 0.717) is 13.2 Å². The van der Waals surface area contributed by atoms with Gasteiger partial charge in [0.05, 0.1) is 18.6 Å². The molecule has 4 heteroatoms. The molecule has 0 amide bonds. The van der Waals surface area contributed by atoms with Crippen molar-refractivity contribution in [3.05, 3.63) is 0 Å². The summed E-state index contributed by atoms with van der Waals surface area (Å²) in [6.45, 7) is 7.05. The lowest BCUT2D eigenvalue weighted by molar-refractivity contribution is -0.138. The van der Waals surface area contributed by atoms with Gasteiger partial charge in [0, 0.05) is 19.6 Å². The van der Waals surface area contributed by atoms with Crippen LogP contribution in [0, 0.1) is 0 Å². The third-order valence-corrected chi connectivity index (χ3v) is 2.15. The summed E-state index contributed by atoms with van der Waals surface area (Å²) in [4.78, 5) is 12.5. The van der Waals surface area contributed by atoms with Gasteiger partial charge in [-0.3, -0.25) is 9.69 Å². The summed E-state index contributed by atoms with van der Waals surface area (Å²) in [5.41, 5.74) is -0.128. The minimum atomic E-state index is -0.732. The Morgan fingerprint density at radius 3 is 2.85 bits per heavy atom. The van der Waals surface area contributed by atoms with Gasteiger partial charge in [0.15, 0.2) is 0 Å². The van der Waals surface area contributed by atoms with Crippen molar-refractivity contribution in [3.63, 3.8) is 0 Å². The summed E-state index contributed by atoms with van der Waals surface area (Å²) < 4.78 is 5.51. The molecule has 1 heterocycles. The zero-order chi connectivity index (χ0) is 9.90. The molecular weight excluding hydrogens is 170 g/mol. The molecule has 1 N–H and O–H groups in total.